The highest BCUT2D eigenvalue weighted by Gasteiger charge is 2.40. The van der Waals surface area contributed by atoms with Crippen LogP contribution < -0.4 is 5.32 Å². The molecule has 0 aromatic carbocycles. The van der Waals surface area contributed by atoms with Crippen LogP contribution in [-0.4, -0.2) is 37.0 Å². The Kier molecular flexibility index (Phi) is 2.86. The van der Waals surface area contributed by atoms with E-state index in [-0.39, 0.29) is 12.1 Å². The van der Waals surface area contributed by atoms with Crippen molar-refractivity contribution >= 4 is 0 Å². The van der Waals surface area contributed by atoms with E-state index in [0.717, 1.165) is 13.2 Å². The SMILES string of the molecule is OCC1(C2CCCC2)COCCN1. The molecule has 3 nitrogen and oxygen atoms in total. The summed E-state index contributed by atoms with van der Waals surface area (Å²) in [5.74, 6) is 0.623. The molecule has 2 rings (SSSR count). The quantitative estimate of drug-likeness (QED) is 0.659. The lowest BCUT2D eigenvalue weighted by molar-refractivity contribution is -0.0295. The molecule has 0 radical (unpaired) electrons. The Bertz CT molecular complexity index is 160. The topological polar surface area (TPSA) is 41.5 Å². The third kappa shape index (κ3) is 1.73. The van der Waals surface area contributed by atoms with E-state index in [2.05, 4.69) is 5.32 Å². The van der Waals surface area contributed by atoms with Crippen LogP contribution in [0.1, 0.15) is 25.7 Å². The van der Waals surface area contributed by atoms with Gasteiger partial charge in [0.15, 0.2) is 0 Å². The van der Waals surface area contributed by atoms with Gasteiger partial charge in [-0.3, -0.25) is 0 Å². The number of aliphatic hydroxyl groups excluding tert-OH is 1. The van der Waals surface area contributed by atoms with Crippen molar-refractivity contribution < 1.29 is 9.84 Å². The minimum absolute atomic E-state index is 0.116. The number of nitrogens with one attached hydrogen (secondary N) is 1. The van der Waals surface area contributed by atoms with Crippen LogP contribution in [0, 0.1) is 5.92 Å². The van der Waals surface area contributed by atoms with E-state index in [0.29, 0.717) is 12.5 Å². The molecular weight excluding hydrogens is 166 g/mol. The molecule has 76 valence electrons. The number of morpholine rings is 1. The van der Waals surface area contributed by atoms with Crippen LogP contribution in [0.4, 0.5) is 0 Å². The van der Waals surface area contributed by atoms with Crippen molar-refractivity contribution in [1.29, 1.82) is 0 Å². The number of hydrogen-bond donors (Lipinski definition) is 2. The maximum Gasteiger partial charge on any atom is 0.0680 e. The van der Waals surface area contributed by atoms with Crippen LogP contribution in [-0.2, 0) is 4.74 Å². The summed E-state index contributed by atoms with van der Waals surface area (Å²) in [6.45, 7) is 2.58. The fourth-order valence-electron chi connectivity index (χ4n) is 2.65. The van der Waals surface area contributed by atoms with Gasteiger partial charge in [-0.2, -0.15) is 0 Å². The Morgan fingerprint density at radius 3 is 2.69 bits per heavy atom. The molecule has 2 N–H and O–H groups in total. The van der Waals surface area contributed by atoms with E-state index in [1.54, 1.807) is 0 Å². The van der Waals surface area contributed by atoms with Crippen LogP contribution >= 0.6 is 0 Å². The molecule has 0 spiro atoms. The number of hydrogen-bond acceptors (Lipinski definition) is 3. The second-order valence-electron chi connectivity index (χ2n) is 4.27. The first kappa shape index (κ1) is 9.44. The summed E-state index contributed by atoms with van der Waals surface area (Å²) in [7, 11) is 0. The number of ether oxygens (including phenoxy) is 1. The minimum Gasteiger partial charge on any atom is -0.394 e. The van der Waals surface area contributed by atoms with Crippen molar-refractivity contribution in [2.45, 2.75) is 31.2 Å². The predicted octanol–water partition coefficient (Wildman–Crippen LogP) is 0.527. The molecule has 13 heavy (non-hydrogen) atoms. The number of rotatable bonds is 2. The van der Waals surface area contributed by atoms with Crippen molar-refractivity contribution in [2.24, 2.45) is 5.92 Å². The standard InChI is InChI=1S/C10H19NO2/c12-7-10(8-13-6-5-11-10)9-3-1-2-4-9/h9,11-12H,1-8H2. The maximum atomic E-state index is 9.46. The molecule has 1 heterocycles. The fraction of sp³-hybridized carbons (Fsp3) is 1.00. The Hall–Kier alpha value is -0.120. The summed E-state index contributed by atoms with van der Waals surface area (Å²) in [5.41, 5.74) is -0.116. The van der Waals surface area contributed by atoms with E-state index in [9.17, 15) is 5.11 Å². The van der Waals surface area contributed by atoms with E-state index >= 15 is 0 Å². The minimum atomic E-state index is -0.116. The van der Waals surface area contributed by atoms with E-state index < -0.39 is 0 Å². The second kappa shape index (κ2) is 3.95. The largest absolute Gasteiger partial charge is 0.394 e. The summed E-state index contributed by atoms with van der Waals surface area (Å²) in [4.78, 5) is 0. The summed E-state index contributed by atoms with van der Waals surface area (Å²) in [6.07, 6.45) is 5.12. The van der Waals surface area contributed by atoms with E-state index in [1.165, 1.54) is 25.7 Å². The Balaban J connectivity index is 2.03. The summed E-state index contributed by atoms with van der Waals surface area (Å²) < 4.78 is 5.47. The molecule has 1 atom stereocenters. The fourth-order valence-corrected chi connectivity index (χ4v) is 2.65. The summed E-state index contributed by atoms with van der Waals surface area (Å²) in [6, 6.07) is 0. The van der Waals surface area contributed by atoms with Crippen molar-refractivity contribution in [3.8, 4) is 0 Å². The van der Waals surface area contributed by atoms with Crippen molar-refractivity contribution in [2.75, 3.05) is 26.4 Å². The molecule has 0 bridgehead atoms. The van der Waals surface area contributed by atoms with Crippen LogP contribution in [0.2, 0.25) is 0 Å². The average Bonchev–Trinajstić information content (AvgIpc) is 2.72. The lowest BCUT2D eigenvalue weighted by atomic mass is 9.83. The second-order valence-corrected chi connectivity index (χ2v) is 4.27. The van der Waals surface area contributed by atoms with Gasteiger partial charge in [0.05, 0.1) is 25.4 Å². The molecular formula is C10H19NO2. The first-order valence-corrected chi connectivity index (χ1v) is 5.31. The van der Waals surface area contributed by atoms with Gasteiger partial charge in [-0.25, -0.2) is 0 Å². The first-order valence-electron chi connectivity index (χ1n) is 5.31. The molecule has 3 heteroatoms. The Labute approximate surface area is 79.5 Å². The van der Waals surface area contributed by atoms with Crippen LogP contribution in [0.3, 0.4) is 0 Å². The highest BCUT2D eigenvalue weighted by Crippen LogP contribution is 2.34. The zero-order valence-corrected chi connectivity index (χ0v) is 8.09. The van der Waals surface area contributed by atoms with Gasteiger partial charge in [0.1, 0.15) is 0 Å². The summed E-state index contributed by atoms with van der Waals surface area (Å²) >= 11 is 0. The Morgan fingerprint density at radius 2 is 2.15 bits per heavy atom. The normalized spacial score (nSPS) is 36.7. The third-order valence-electron chi connectivity index (χ3n) is 3.50. The molecule has 1 saturated carbocycles. The molecule has 0 aromatic rings. The zero-order chi connectivity index (χ0) is 9.15. The number of aliphatic hydroxyl groups is 1. The molecule has 1 unspecified atom stereocenters. The molecule has 1 aliphatic carbocycles. The van der Waals surface area contributed by atoms with Crippen molar-refractivity contribution in [3.63, 3.8) is 0 Å². The molecule has 0 aromatic heterocycles. The maximum absolute atomic E-state index is 9.46. The third-order valence-corrected chi connectivity index (χ3v) is 3.50. The molecule has 2 fully saturated rings. The van der Waals surface area contributed by atoms with Crippen LogP contribution in [0.25, 0.3) is 0 Å². The van der Waals surface area contributed by atoms with E-state index in [4.69, 9.17) is 4.74 Å². The highest BCUT2D eigenvalue weighted by atomic mass is 16.5. The smallest absolute Gasteiger partial charge is 0.0680 e. The van der Waals surface area contributed by atoms with Gasteiger partial charge in [-0.1, -0.05) is 12.8 Å². The first-order chi connectivity index (χ1) is 6.37. The van der Waals surface area contributed by atoms with Gasteiger partial charge < -0.3 is 15.2 Å². The van der Waals surface area contributed by atoms with Gasteiger partial charge in [-0.05, 0) is 18.8 Å². The van der Waals surface area contributed by atoms with E-state index in [1.807, 2.05) is 0 Å². The molecule has 0 amide bonds. The van der Waals surface area contributed by atoms with Gasteiger partial charge in [-0.15, -0.1) is 0 Å². The van der Waals surface area contributed by atoms with Gasteiger partial charge >= 0.3 is 0 Å². The predicted molar refractivity (Wildman–Crippen MR) is 50.6 cm³/mol. The van der Waals surface area contributed by atoms with Gasteiger partial charge in [0.25, 0.3) is 0 Å². The molecule has 2 aliphatic rings. The Morgan fingerprint density at radius 1 is 1.38 bits per heavy atom. The van der Waals surface area contributed by atoms with Crippen molar-refractivity contribution in [3.05, 3.63) is 0 Å². The highest BCUT2D eigenvalue weighted by molar-refractivity contribution is 4.97. The zero-order valence-electron chi connectivity index (χ0n) is 8.09. The van der Waals surface area contributed by atoms with Gasteiger partial charge in [0, 0.05) is 6.54 Å². The lowest BCUT2D eigenvalue weighted by Gasteiger charge is -2.41. The average molecular weight is 185 g/mol. The monoisotopic (exact) mass is 185 g/mol. The van der Waals surface area contributed by atoms with Gasteiger partial charge in [0.2, 0.25) is 0 Å². The van der Waals surface area contributed by atoms with Crippen LogP contribution in [0.15, 0.2) is 0 Å². The molecule has 1 aliphatic heterocycles. The molecule has 1 saturated heterocycles. The lowest BCUT2D eigenvalue weighted by Crippen LogP contribution is -2.60. The summed E-state index contributed by atoms with van der Waals surface area (Å²) in [5, 5.41) is 12.9. The van der Waals surface area contributed by atoms with Crippen LogP contribution in [0.5, 0.6) is 0 Å². The van der Waals surface area contributed by atoms with Crippen molar-refractivity contribution in [1.82, 2.24) is 5.32 Å².